The van der Waals surface area contributed by atoms with Gasteiger partial charge in [0.1, 0.15) is 18.0 Å². The molecule has 0 spiro atoms. The zero-order valence-electron chi connectivity index (χ0n) is 20.9. The summed E-state index contributed by atoms with van der Waals surface area (Å²) in [6.07, 6.45) is 0. The van der Waals surface area contributed by atoms with Crippen molar-refractivity contribution in [3.05, 3.63) is 119 Å². The Morgan fingerprint density at radius 3 is 2.26 bits per heavy atom. The maximum Gasteiger partial charge on any atom is 0.335 e. The van der Waals surface area contributed by atoms with Crippen LogP contribution in [0.5, 0.6) is 11.5 Å². The van der Waals surface area contributed by atoms with E-state index in [1.54, 1.807) is 61.5 Å². The lowest BCUT2D eigenvalue weighted by Gasteiger charge is -2.26. The van der Waals surface area contributed by atoms with Gasteiger partial charge in [0.05, 0.1) is 16.1 Å². The van der Waals surface area contributed by atoms with Crippen molar-refractivity contribution in [2.75, 3.05) is 10.8 Å². The first-order valence-corrected chi connectivity index (χ1v) is 13.7. The molecule has 0 aliphatic heterocycles. The van der Waals surface area contributed by atoms with E-state index >= 15 is 0 Å². The Morgan fingerprint density at radius 1 is 0.897 bits per heavy atom. The molecule has 0 atom stereocenters. The summed E-state index contributed by atoms with van der Waals surface area (Å²) in [4.78, 5) is 24.2. The Morgan fingerprint density at radius 2 is 1.56 bits per heavy atom. The van der Waals surface area contributed by atoms with Crippen molar-refractivity contribution in [3.8, 4) is 11.5 Å². The smallest absolute Gasteiger partial charge is 0.335 e. The molecule has 4 aromatic carbocycles. The fraction of sp³-hybridized carbons (Fsp3) is 0.103. The fourth-order valence-corrected chi connectivity index (χ4v) is 5.45. The summed E-state index contributed by atoms with van der Waals surface area (Å²) < 4.78 is 34.3. The largest absolute Gasteiger partial charge is 0.478 e. The maximum absolute atomic E-state index is 13.8. The molecule has 0 unspecified atom stereocenters. The van der Waals surface area contributed by atoms with E-state index in [-0.39, 0.29) is 22.7 Å². The van der Waals surface area contributed by atoms with Crippen LogP contribution in [0.1, 0.15) is 21.5 Å². The number of nitrogens with zero attached hydrogens (tertiary/aromatic N) is 1. The number of hydrogen-bond acceptors (Lipinski definition) is 5. The summed E-state index contributed by atoms with van der Waals surface area (Å²) >= 11 is 6.28. The Kier molecular flexibility index (Phi) is 8.53. The molecular weight excluding hydrogens is 540 g/mol. The molecule has 0 heterocycles. The normalized spacial score (nSPS) is 11.0. The molecular formula is C29H25ClN2O6S. The van der Waals surface area contributed by atoms with Gasteiger partial charge in [-0.25, -0.2) is 13.2 Å². The Bertz CT molecular complexity index is 1590. The van der Waals surface area contributed by atoms with E-state index in [0.717, 1.165) is 4.31 Å². The van der Waals surface area contributed by atoms with Crippen LogP contribution in [0.4, 0.5) is 5.69 Å². The molecule has 39 heavy (non-hydrogen) atoms. The fourth-order valence-electron chi connectivity index (χ4n) is 3.80. The predicted octanol–water partition coefficient (Wildman–Crippen LogP) is 5.65. The number of hydrogen-bond donors (Lipinski definition) is 2. The number of ether oxygens (including phenoxy) is 1. The van der Waals surface area contributed by atoms with Gasteiger partial charge in [-0.15, -0.1) is 0 Å². The van der Waals surface area contributed by atoms with Gasteiger partial charge >= 0.3 is 5.97 Å². The molecule has 4 aromatic rings. The number of carbonyl (C=O) groups excluding carboxylic acids is 1. The van der Waals surface area contributed by atoms with Crippen LogP contribution in [0.25, 0.3) is 0 Å². The summed E-state index contributed by atoms with van der Waals surface area (Å²) in [7, 11) is -4.20. The highest BCUT2D eigenvalue weighted by atomic mass is 35.5. The van der Waals surface area contributed by atoms with E-state index in [4.69, 9.17) is 16.3 Å². The van der Waals surface area contributed by atoms with Crippen molar-refractivity contribution in [3.63, 3.8) is 0 Å². The van der Waals surface area contributed by atoms with Gasteiger partial charge in [-0.1, -0.05) is 48.0 Å². The van der Waals surface area contributed by atoms with Gasteiger partial charge < -0.3 is 15.2 Å². The zero-order valence-corrected chi connectivity index (χ0v) is 22.4. The van der Waals surface area contributed by atoms with E-state index in [0.29, 0.717) is 27.6 Å². The number of anilines is 1. The first-order valence-electron chi connectivity index (χ1n) is 11.8. The number of nitrogens with one attached hydrogen (secondary N) is 1. The molecule has 0 aliphatic carbocycles. The van der Waals surface area contributed by atoms with Crippen molar-refractivity contribution in [1.29, 1.82) is 0 Å². The SMILES string of the molecule is Cc1c(Cl)cccc1N(CC(=O)NCc1cccc(C(=O)O)c1)S(=O)(=O)c1ccc(Oc2ccccc2)cc1. The van der Waals surface area contributed by atoms with Gasteiger partial charge in [-0.3, -0.25) is 9.10 Å². The predicted molar refractivity (Wildman–Crippen MR) is 149 cm³/mol. The van der Waals surface area contributed by atoms with Gasteiger partial charge in [0, 0.05) is 11.6 Å². The molecule has 0 aromatic heterocycles. The zero-order chi connectivity index (χ0) is 28.0. The average Bonchev–Trinajstić information content (AvgIpc) is 2.93. The third kappa shape index (κ3) is 6.76. The average molecular weight is 565 g/mol. The molecule has 0 fully saturated rings. The number of amides is 1. The molecule has 10 heteroatoms. The van der Waals surface area contributed by atoms with Gasteiger partial charge in [-0.2, -0.15) is 0 Å². The minimum Gasteiger partial charge on any atom is -0.478 e. The molecule has 200 valence electrons. The standard InChI is InChI=1S/C29H25ClN2O6S/c1-20-26(30)11-6-12-27(20)32(19-28(33)31-18-21-7-5-8-22(17-21)29(34)35)39(36,37)25-15-13-24(14-16-25)38-23-9-3-2-4-10-23/h2-17H,18-19H2,1H3,(H,31,33)(H,34,35). The molecule has 0 aliphatic rings. The van der Waals surface area contributed by atoms with Crippen LogP contribution >= 0.6 is 11.6 Å². The topological polar surface area (TPSA) is 113 Å². The third-order valence-corrected chi connectivity index (χ3v) is 8.03. The van der Waals surface area contributed by atoms with E-state index in [9.17, 15) is 23.1 Å². The van der Waals surface area contributed by atoms with Crippen molar-refractivity contribution < 1.29 is 27.9 Å². The molecule has 8 nitrogen and oxygen atoms in total. The summed E-state index contributed by atoms with van der Waals surface area (Å²) in [5, 5.41) is 12.2. The number of carboxylic acids is 1. The van der Waals surface area contributed by atoms with Crippen molar-refractivity contribution in [2.24, 2.45) is 0 Å². The monoisotopic (exact) mass is 564 g/mol. The lowest BCUT2D eigenvalue weighted by Crippen LogP contribution is -2.41. The molecule has 0 radical (unpaired) electrons. The maximum atomic E-state index is 13.8. The number of carbonyl (C=O) groups is 2. The Balaban J connectivity index is 1.58. The summed E-state index contributed by atoms with van der Waals surface area (Å²) in [6, 6.07) is 25.9. The molecule has 0 saturated heterocycles. The minimum atomic E-state index is -4.20. The minimum absolute atomic E-state index is 0.0217. The van der Waals surface area contributed by atoms with Gasteiger partial charge in [0.2, 0.25) is 5.91 Å². The van der Waals surface area contributed by atoms with Gasteiger partial charge in [-0.05, 0) is 78.7 Å². The van der Waals surface area contributed by atoms with Crippen LogP contribution in [0.15, 0.2) is 102 Å². The van der Waals surface area contributed by atoms with E-state index in [2.05, 4.69) is 5.32 Å². The summed E-state index contributed by atoms with van der Waals surface area (Å²) in [5.74, 6) is -0.610. The highest BCUT2D eigenvalue weighted by molar-refractivity contribution is 7.92. The molecule has 4 rings (SSSR count). The van der Waals surface area contributed by atoms with Crippen LogP contribution in [0, 0.1) is 6.92 Å². The Labute approximate surface area is 231 Å². The van der Waals surface area contributed by atoms with E-state index in [1.165, 1.54) is 24.3 Å². The number of sulfonamides is 1. The second-order valence-electron chi connectivity index (χ2n) is 8.56. The van der Waals surface area contributed by atoms with Crippen LogP contribution in [-0.2, 0) is 21.4 Å². The first-order chi connectivity index (χ1) is 18.6. The lowest BCUT2D eigenvalue weighted by molar-refractivity contribution is -0.119. The van der Waals surface area contributed by atoms with Crippen molar-refractivity contribution in [2.45, 2.75) is 18.4 Å². The second kappa shape index (κ2) is 12.0. The number of carboxylic acid groups (broad SMARTS) is 1. The van der Waals surface area contributed by atoms with E-state index in [1.807, 2.05) is 18.2 Å². The van der Waals surface area contributed by atoms with Crippen LogP contribution in [-0.4, -0.2) is 31.9 Å². The quantitative estimate of drug-likeness (QED) is 0.257. The van der Waals surface area contributed by atoms with Crippen LogP contribution in [0.3, 0.4) is 0 Å². The lowest BCUT2D eigenvalue weighted by atomic mass is 10.1. The first kappa shape index (κ1) is 27.7. The summed E-state index contributed by atoms with van der Waals surface area (Å²) in [5.41, 5.74) is 1.40. The number of para-hydroxylation sites is 1. The van der Waals surface area contributed by atoms with Crippen LogP contribution < -0.4 is 14.4 Å². The second-order valence-corrected chi connectivity index (χ2v) is 10.8. The van der Waals surface area contributed by atoms with Crippen LogP contribution in [0.2, 0.25) is 5.02 Å². The molecule has 0 bridgehead atoms. The molecule has 0 saturated carbocycles. The van der Waals surface area contributed by atoms with E-state index < -0.39 is 28.4 Å². The van der Waals surface area contributed by atoms with Gasteiger partial charge in [0.25, 0.3) is 10.0 Å². The molecule has 1 amide bonds. The van der Waals surface area contributed by atoms with Gasteiger partial charge in [0.15, 0.2) is 0 Å². The van der Waals surface area contributed by atoms with Crippen molar-refractivity contribution >= 4 is 39.2 Å². The number of benzene rings is 4. The third-order valence-electron chi connectivity index (χ3n) is 5.85. The highest BCUT2D eigenvalue weighted by Gasteiger charge is 2.29. The molecule has 2 N–H and O–H groups in total. The highest BCUT2D eigenvalue weighted by Crippen LogP contribution is 2.31. The Hall–Kier alpha value is -4.34. The summed E-state index contributed by atoms with van der Waals surface area (Å²) in [6.45, 7) is 1.17. The number of rotatable bonds is 10. The number of halogens is 1. The number of aromatic carboxylic acids is 1. The van der Waals surface area contributed by atoms with Crippen molar-refractivity contribution in [1.82, 2.24) is 5.32 Å².